The summed E-state index contributed by atoms with van der Waals surface area (Å²) in [5.74, 6) is 1.08. The number of rotatable bonds is 9. The maximum atomic E-state index is 12.0. The van der Waals surface area contributed by atoms with Crippen LogP contribution < -0.4 is 10.6 Å². The minimum Gasteiger partial charge on any atom is -0.444 e. The zero-order valence-electron chi connectivity index (χ0n) is 18.1. The number of sulfone groups is 1. The highest BCUT2D eigenvalue weighted by Crippen LogP contribution is 2.11. The Morgan fingerprint density at radius 3 is 2.30 bits per heavy atom. The van der Waals surface area contributed by atoms with Crippen LogP contribution in [0.1, 0.15) is 48.0 Å². The normalized spacial score (nSPS) is 14.0. The number of carbonyl (C=O) groups excluding carboxylic acids is 1. The number of alkyl carbamates (subject to hydrolysis) is 1. The van der Waals surface area contributed by atoms with Crippen LogP contribution in [-0.4, -0.2) is 75.7 Å². The van der Waals surface area contributed by atoms with Crippen molar-refractivity contribution in [2.75, 3.05) is 38.7 Å². The van der Waals surface area contributed by atoms with Crippen molar-refractivity contribution in [1.82, 2.24) is 15.5 Å². The van der Waals surface area contributed by atoms with E-state index in [4.69, 9.17) is 4.74 Å². The molecule has 0 aliphatic carbocycles. The van der Waals surface area contributed by atoms with Gasteiger partial charge in [0, 0.05) is 39.0 Å². The van der Waals surface area contributed by atoms with Crippen LogP contribution in [0.5, 0.6) is 0 Å². The van der Waals surface area contributed by atoms with Crippen LogP contribution in [0.3, 0.4) is 0 Å². The number of amides is 1. The van der Waals surface area contributed by atoms with Gasteiger partial charge in [-0.25, -0.2) is 13.2 Å². The van der Waals surface area contributed by atoms with Crippen molar-refractivity contribution in [3.63, 3.8) is 0 Å². The second-order valence-corrected chi connectivity index (χ2v) is 10.4. The van der Waals surface area contributed by atoms with E-state index in [1.54, 1.807) is 14.0 Å². The average molecular weight is 407 g/mol. The van der Waals surface area contributed by atoms with E-state index in [1.807, 2.05) is 46.6 Å². The molecule has 0 saturated heterocycles. The molecular weight excluding hydrogens is 368 g/mol. The van der Waals surface area contributed by atoms with Gasteiger partial charge in [0.25, 0.3) is 0 Å². The summed E-state index contributed by atoms with van der Waals surface area (Å²) in [6.07, 6.45) is 0.289. The minimum absolute atomic E-state index is 0.0409. The fraction of sp³-hybridized carbons (Fsp3) is 0.889. The molecule has 8 nitrogen and oxygen atoms in total. The summed E-state index contributed by atoms with van der Waals surface area (Å²) in [5.41, 5.74) is -0.535. The van der Waals surface area contributed by atoms with Crippen LogP contribution in [0.15, 0.2) is 4.99 Å². The van der Waals surface area contributed by atoms with E-state index in [-0.39, 0.29) is 23.5 Å². The molecule has 0 aromatic heterocycles. The number of hydrogen-bond acceptors (Lipinski definition) is 5. The second-order valence-electron chi connectivity index (χ2n) is 7.92. The van der Waals surface area contributed by atoms with Gasteiger partial charge in [0.05, 0.1) is 5.75 Å². The van der Waals surface area contributed by atoms with Crippen LogP contribution in [0.4, 0.5) is 4.79 Å². The molecule has 1 amide bonds. The number of aliphatic imine (C=N–C) groups is 1. The van der Waals surface area contributed by atoms with Crippen molar-refractivity contribution in [2.24, 2.45) is 10.9 Å². The highest BCUT2D eigenvalue weighted by molar-refractivity contribution is 7.91. The molecule has 0 aromatic rings. The van der Waals surface area contributed by atoms with Gasteiger partial charge in [0.15, 0.2) is 15.8 Å². The number of ether oxygens (including phenoxy) is 1. The first-order chi connectivity index (χ1) is 12.3. The Labute approximate surface area is 165 Å². The Morgan fingerprint density at radius 2 is 1.85 bits per heavy atom. The lowest BCUT2D eigenvalue weighted by molar-refractivity contribution is 0.0486. The number of nitrogens with zero attached hydrogens (tertiary/aromatic N) is 2. The second kappa shape index (κ2) is 11.4. The molecule has 0 bridgehead atoms. The molecule has 0 aliphatic heterocycles. The first-order valence-corrected chi connectivity index (χ1v) is 11.2. The van der Waals surface area contributed by atoms with E-state index in [0.29, 0.717) is 25.5 Å². The van der Waals surface area contributed by atoms with E-state index >= 15 is 0 Å². The van der Waals surface area contributed by atoms with Gasteiger partial charge in [0.1, 0.15) is 5.60 Å². The van der Waals surface area contributed by atoms with Crippen LogP contribution in [0.25, 0.3) is 0 Å². The van der Waals surface area contributed by atoms with Gasteiger partial charge < -0.3 is 20.3 Å². The van der Waals surface area contributed by atoms with Crippen molar-refractivity contribution >= 4 is 21.9 Å². The Bertz CT molecular complexity index is 583. The summed E-state index contributed by atoms with van der Waals surface area (Å²) < 4.78 is 28.5. The summed E-state index contributed by atoms with van der Waals surface area (Å²) in [7, 11) is 0.530. The Balaban J connectivity index is 4.61. The largest absolute Gasteiger partial charge is 0.444 e. The molecule has 27 heavy (non-hydrogen) atoms. The van der Waals surface area contributed by atoms with Crippen LogP contribution in [-0.2, 0) is 14.6 Å². The summed E-state index contributed by atoms with van der Waals surface area (Å²) in [6, 6.07) is -0.0409. The summed E-state index contributed by atoms with van der Waals surface area (Å²) in [6.45, 7) is 12.2. The number of carbonyl (C=O) groups is 1. The third kappa shape index (κ3) is 11.7. The van der Waals surface area contributed by atoms with Crippen molar-refractivity contribution < 1.29 is 17.9 Å². The summed E-state index contributed by atoms with van der Waals surface area (Å²) in [4.78, 5) is 18.1. The quantitative estimate of drug-likeness (QED) is 0.448. The van der Waals surface area contributed by atoms with E-state index in [2.05, 4.69) is 15.6 Å². The van der Waals surface area contributed by atoms with E-state index in [0.717, 1.165) is 0 Å². The fourth-order valence-electron chi connectivity index (χ4n) is 2.32. The first kappa shape index (κ1) is 25.5. The van der Waals surface area contributed by atoms with Crippen LogP contribution >= 0.6 is 0 Å². The molecule has 9 heteroatoms. The molecule has 0 rings (SSSR count). The third-order valence-electron chi connectivity index (χ3n) is 3.99. The van der Waals surface area contributed by atoms with Gasteiger partial charge in [-0.3, -0.25) is 4.99 Å². The molecule has 2 N–H and O–H groups in total. The van der Waals surface area contributed by atoms with Crippen LogP contribution in [0, 0.1) is 5.92 Å². The summed E-state index contributed by atoms with van der Waals surface area (Å²) >= 11 is 0. The Hall–Kier alpha value is -1.51. The Kier molecular flexibility index (Phi) is 10.7. The lowest BCUT2D eigenvalue weighted by Crippen LogP contribution is -2.46. The van der Waals surface area contributed by atoms with Crippen molar-refractivity contribution in [1.29, 1.82) is 0 Å². The molecule has 0 aromatic carbocycles. The zero-order chi connectivity index (χ0) is 21.3. The van der Waals surface area contributed by atoms with Gasteiger partial charge in [0.2, 0.25) is 0 Å². The van der Waals surface area contributed by atoms with Gasteiger partial charge in [-0.15, -0.1) is 0 Å². The molecule has 0 radical (unpaired) electrons. The third-order valence-corrected chi connectivity index (χ3v) is 5.70. The predicted octanol–water partition coefficient (Wildman–Crippen LogP) is 1.87. The predicted molar refractivity (Wildman–Crippen MR) is 111 cm³/mol. The SMILES string of the molecule is CCS(=O)(=O)CCNC(=NC)N(C)CCC(NC(=O)OC(C)(C)C)C(C)C. The highest BCUT2D eigenvalue weighted by Gasteiger charge is 2.22. The molecule has 0 saturated carbocycles. The molecule has 1 unspecified atom stereocenters. The summed E-state index contributed by atoms with van der Waals surface area (Å²) in [5, 5.41) is 6.00. The van der Waals surface area contributed by atoms with E-state index < -0.39 is 21.5 Å². The standard InChI is InChI=1S/C18H38N4O4S/c1-9-27(24,25)13-11-20-16(19-7)22(8)12-10-15(14(2)3)21-17(23)26-18(4,5)6/h14-15H,9-13H2,1-8H3,(H,19,20)(H,21,23). The smallest absolute Gasteiger partial charge is 0.407 e. The molecule has 0 heterocycles. The molecule has 0 fully saturated rings. The lowest BCUT2D eigenvalue weighted by Gasteiger charge is -2.28. The van der Waals surface area contributed by atoms with Crippen molar-refractivity contribution in [3.05, 3.63) is 0 Å². The van der Waals surface area contributed by atoms with Gasteiger partial charge in [-0.2, -0.15) is 0 Å². The van der Waals surface area contributed by atoms with E-state index in [9.17, 15) is 13.2 Å². The van der Waals surface area contributed by atoms with Crippen molar-refractivity contribution in [3.8, 4) is 0 Å². The monoisotopic (exact) mass is 406 g/mol. The Morgan fingerprint density at radius 1 is 1.26 bits per heavy atom. The lowest BCUT2D eigenvalue weighted by atomic mass is 10.0. The number of nitrogens with one attached hydrogen (secondary N) is 2. The molecule has 0 aliphatic rings. The highest BCUT2D eigenvalue weighted by atomic mass is 32.2. The van der Waals surface area contributed by atoms with Crippen molar-refractivity contribution in [2.45, 2.75) is 59.6 Å². The van der Waals surface area contributed by atoms with Gasteiger partial charge >= 0.3 is 6.09 Å². The fourth-order valence-corrected chi connectivity index (χ4v) is 3.02. The van der Waals surface area contributed by atoms with Gasteiger partial charge in [-0.1, -0.05) is 20.8 Å². The molecule has 1 atom stereocenters. The molecular formula is C18H38N4O4S. The topological polar surface area (TPSA) is 100 Å². The average Bonchev–Trinajstić information content (AvgIpc) is 2.53. The van der Waals surface area contributed by atoms with Gasteiger partial charge in [-0.05, 0) is 33.1 Å². The molecule has 0 spiro atoms. The zero-order valence-corrected chi connectivity index (χ0v) is 18.9. The number of guanidine groups is 1. The molecule has 160 valence electrons. The first-order valence-electron chi connectivity index (χ1n) is 9.43. The maximum absolute atomic E-state index is 12.0. The van der Waals surface area contributed by atoms with Crippen LogP contribution in [0.2, 0.25) is 0 Å². The van der Waals surface area contributed by atoms with E-state index in [1.165, 1.54) is 0 Å². The number of hydrogen-bond donors (Lipinski definition) is 2. The maximum Gasteiger partial charge on any atom is 0.407 e. The minimum atomic E-state index is -3.01.